The summed E-state index contributed by atoms with van der Waals surface area (Å²) in [4.78, 5) is 4.21. The highest BCUT2D eigenvalue weighted by Crippen LogP contribution is 2.33. The zero-order chi connectivity index (χ0) is 16.1. The normalized spacial score (nSPS) is 10.3. The van der Waals surface area contributed by atoms with Crippen molar-refractivity contribution in [2.45, 2.75) is 6.61 Å². The molecular formula is C19H16FNO2. The van der Waals surface area contributed by atoms with E-state index in [1.807, 2.05) is 30.3 Å². The molecule has 1 heterocycles. The third-order valence-corrected chi connectivity index (χ3v) is 3.46. The van der Waals surface area contributed by atoms with E-state index in [2.05, 4.69) is 4.98 Å². The summed E-state index contributed by atoms with van der Waals surface area (Å²) in [5.74, 6) is 0.885. The number of methoxy groups -OCH3 is 1. The summed E-state index contributed by atoms with van der Waals surface area (Å²) >= 11 is 0. The molecule has 0 aliphatic carbocycles. The average Bonchev–Trinajstić information content (AvgIpc) is 2.61. The van der Waals surface area contributed by atoms with E-state index >= 15 is 0 Å². The molecule has 0 N–H and O–H groups in total. The van der Waals surface area contributed by atoms with Gasteiger partial charge < -0.3 is 9.47 Å². The van der Waals surface area contributed by atoms with Gasteiger partial charge in [0.05, 0.1) is 18.4 Å². The van der Waals surface area contributed by atoms with E-state index in [0.717, 1.165) is 17.0 Å². The van der Waals surface area contributed by atoms with Gasteiger partial charge in [-0.1, -0.05) is 24.3 Å². The van der Waals surface area contributed by atoms with Gasteiger partial charge in [0, 0.05) is 6.20 Å². The highest BCUT2D eigenvalue weighted by atomic mass is 19.1. The van der Waals surface area contributed by atoms with Crippen LogP contribution in [0.2, 0.25) is 0 Å². The van der Waals surface area contributed by atoms with Crippen molar-refractivity contribution in [3.05, 3.63) is 78.4 Å². The Labute approximate surface area is 134 Å². The maximum Gasteiger partial charge on any atom is 0.134 e. The summed E-state index contributed by atoms with van der Waals surface area (Å²) in [6.45, 7) is 0.285. The average molecular weight is 309 g/mol. The number of nitrogens with zero attached hydrogens (tertiary/aromatic N) is 1. The molecule has 3 nitrogen and oxygen atoms in total. The zero-order valence-corrected chi connectivity index (χ0v) is 12.7. The number of ether oxygens (including phenoxy) is 2. The van der Waals surface area contributed by atoms with E-state index < -0.39 is 0 Å². The van der Waals surface area contributed by atoms with Crippen LogP contribution in [0.5, 0.6) is 11.5 Å². The van der Waals surface area contributed by atoms with Crippen LogP contribution in [-0.2, 0) is 6.61 Å². The van der Waals surface area contributed by atoms with Crippen LogP contribution in [0.3, 0.4) is 0 Å². The SMILES string of the molecule is COc1ccc(-c2c(F)cccc2OCc2ccccn2)cc1. The van der Waals surface area contributed by atoms with Crippen LogP contribution >= 0.6 is 0 Å². The lowest BCUT2D eigenvalue weighted by atomic mass is 10.0. The molecule has 116 valence electrons. The van der Waals surface area contributed by atoms with Crippen LogP contribution < -0.4 is 9.47 Å². The Bertz CT molecular complexity index is 773. The lowest BCUT2D eigenvalue weighted by molar-refractivity contribution is 0.301. The predicted molar refractivity (Wildman–Crippen MR) is 87.0 cm³/mol. The molecular weight excluding hydrogens is 293 g/mol. The number of halogens is 1. The van der Waals surface area contributed by atoms with E-state index in [1.54, 1.807) is 37.6 Å². The first kappa shape index (κ1) is 15.0. The summed E-state index contributed by atoms with van der Waals surface area (Å²) in [6.07, 6.45) is 1.70. The van der Waals surface area contributed by atoms with E-state index in [0.29, 0.717) is 11.3 Å². The summed E-state index contributed by atoms with van der Waals surface area (Å²) in [5.41, 5.74) is 1.96. The van der Waals surface area contributed by atoms with Crippen LogP contribution in [-0.4, -0.2) is 12.1 Å². The number of benzene rings is 2. The zero-order valence-electron chi connectivity index (χ0n) is 12.7. The molecule has 0 unspecified atom stereocenters. The third-order valence-electron chi connectivity index (χ3n) is 3.46. The number of pyridine rings is 1. The number of aromatic nitrogens is 1. The molecule has 0 radical (unpaired) electrons. The van der Waals surface area contributed by atoms with Crippen molar-refractivity contribution in [3.8, 4) is 22.6 Å². The molecule has 0 fully saturated rings. The Morgan fingerprint density at radius 1 is 0.957 bits per heavy atom. The first-order chi connectivity index (χ1) is 11.3. The van der Waals surface area contributed by atoms with Gasteiger partial charge >= 0.3 is 0 Å². The molecule has 0 aliphatic rings. The number of hydrogen-bond acceptors (Lipinski definition) is 3. The summed E-state index contributed by atoms with van der Waals surface area (Å²) in [5, 5.41) is 0. The molecule has 0 aliphatic heterocycles. The van der Waals surface area contributed by atoms with Crippen molar-refractivity contribution in [3.63, 3.8) is 0 Å². The van der Waals surface area contributed by atoms with Crippen molar-refractivity contribution < 1.29 is 13.9 Å². The number of hydrogen-bond donors (Lipinski definition) is 0. The Morgan fingerprint density at radius 3 is 2.48 bits per heavy atom. The van der Waals surface area contributed by atoms with Crippen molar-refractivity contribution in [1.29, 1.82) is 0 Å². The fourth-order valence-electron chi connectivity index (χ4n) is 2.30. The van der Waals surface area contributed by atoms with Crippen molar-refractivity contribution in [2.24, 2.45) is 0 Å². The Balaban J connectivity index is 1.90. The minimum Gasteiger partial charge on any atom is -0.497 e. The highest BCUT2D eigenvalue weighted by Gasteiger charge is 2.12. The van der Waals surface area contributed by atoms with E-state index in [-0.39, 0.29) is 12.4 Å². The molecule has 2 aromatic carbocycles. The van der Waals surface area contributed by atoms with Gasteiger partial charge in [-0.15, -0.1) is 0 Å². The van der Waals surface area contributed by atoms with Crippen molar-refractivity contribution in [1.82, 2.24) is 4.98 Å². The van der Waals surface area contributed by atoms with Gasteiger partial charge in [-0.3, -0.25) is 4.98 Å². The van der Waals surface area contributed by atoms with Gasteiger partial charge in [-0.05, 0) is 42.0 Å². The number of rotatable bonds is 5. The first-order valence-electron chi connectivity index (χ1n) is 7.23. The van der Waals surface area contributed by atoms with E-state index in [9.17, 15) is 4.39 Å². The molecule has 0 atom stereocenters. The van der Waals surface area contributed by atoms with Gasteiger partial charge in [-0.2, -0.15) is 0 Å². The molecule has 0 spiro atoms. The first-order valence-corrected chi connectivity index (χ1v) is 7.23. The molecule has 0 amide bonds. The molecule has 23 heavy (non-hydrogen) atoms. The molecule has 0 saturated heterocycles. The quantitative estimate of drug-likeness (QED) is 0.696. The largest absolute Gasteiger partial charge is 0.497 e. The van der Waals surface area contributed by atoms with Gasteiger partial charge in [0.15, 0.2) is 0 Å². The third kappa shape index (κ3) is 3.48. The maximum absolute atomic E-state index is 14.3. The van der Waals surface area contributed by atoms with Crippen LogP contribution in [0, 0.1) is 5.82 Å². The smallest absolute Gasteiger partial charge is 0.134 e. The summed E-state index contributed by atoms with van der Waals surface area (Å²) in [6, 6.07) is 17.6. The molecule has 0 bridgehead atoms. The van der Waals surface area contributed by atoms with Crippen LogP contribution in [0.25, 0.3) is 11.1 Å². The van der Waals surface area contributed by atoms with E-state index in [1.165, 1.54) is 6.07 Å². The van der Waals surface area contributed by atoms with Crippen LogP contribution in [0.4, 0.5) is 4.39 Å². The standard InChI is InChI=1S/C19H16FNO2/c1-22-16-10-8-14(9-11-16)19-17(20)6-4-7-18(19)23-13-15-5-2-3-12-21-15/h2-12H,13H2,1H3. The summed E-state index contributed by atoms with van der Waals surface area (Å²) < 4.78 is 25.2. The molecule has 1 aromatic heterocycles. The Morgan fingerprint density at radius 2 is 1.78 bits per heavy atom. The van der Waals surface area contributed by atoms with Crippen LogP contribution in [0.1, 0.15) is 5.69 Å². The monoisotopic (exact) mass is 309 g/mol. The van der Waals surface area contributed by atoms with Crippen molar-refractivity contribution in [2.75, 3.05) is 7.11 Å². The fraction of sp³-hybridized carbons (Fsp3) is 0.105. The van der Waals surface area contributed by atoms with E-state index in [4.69, 9.17) is 9.47 Å². The second-order valence-electron chi connectivity index (χ2n) is 4.95. The Kier molecular flexibility index (Phi) is 4.52. The minimum atomic E-state index is -0.325. The minimum absolute atomic E-state index is 0.285. The second-order valence-corrected chi connectivity index (χ2v) is 4.95. The highest BCUT2D eigenvalue weighted by molar-refractivity contribution is 5.71. The molecule has 4 heteroatoms. The maximum atomic E-state index is 14.3. The van der Waals surface area contributed by atoms with Gasteiger partial charge in [0.2, 0.25) is 0 Å². The lowest BCUT2D eigenvalue weighted by Crippen LogP contribution is -2.00. The summed E-state index contributed by atoms with van der Waals surface area (Å²) in [7, 11) is 1.60. The van der Waals surface area contributed by atoms with Gasteiger partial charge in [0.25, 0.3) is 0 Å². The molecule has 0 saturated carbocycles. The lowest BCUT2D eigenvalue weighted by Gasteiger charge is -2.13. The van der Waals surface area contributed by atoms with Crippen molar-refractivity contribution >= 4 is 0 Å². The predicted octanol–water partition coefficient (Wildman–Crippen LogP) is 4.48. The van der Waals surface area contributed by atoms with Gasteiger partial charge in [-0.25, -0.2) is 4.39 Å². The topological polar surface area (TPSA) is 31.4 Å². The molecule has 3 aromatic rings. The second kappa shape index (κ2) is 6.92. The van der Waals surface area contributed by atoms with Gasteiger partial charge in [0.1, 0.15) is 23.9 Å². The Hall–Kier alpha value is -2.88. The molecule has 3 rings (SSSR count). The fourth-order valence-corrected chi connectivity index (χ4v) is 2.30. The van der Waals surface area contributed by atoms with Crippen LogP contribution in [0.15, 0.2) is 66.9 Å².